The van der Waals surface area contributed by atoms with Gasteiger partial charge in [-0.05, 0) is 45.1 Å². The molecule has 1 heterocycles. The summed E-state index contributed by atoms with van der Waals surface area (Å²) in [4.78, 5) is 2.57. The Hall–Kier alpha value is -0.0400. The zero-order valence-corrected chi connectivity index (χ0v) is 7.93. The molecular weight excluding hydrogens is 134 g/mol. The number of hydrogen-bond donors (Lipinski definition) is 0. The van der Waals surface area contributed by atoms with Crippen LogP contribution in [0.2, 0.25) is 0 Å². The number of rotatable bonds is 0. The largest absolute Gasteiger partial charge is 0.301 e. The summed E-state index contributed by atoms with van der Waals surface area (Å²) in [7, 11) is 2.29. The first-order chi connectivity index (χ1) is 5.12. The Bertz CT molecular complexity index is 166. The molecule has 2 fully saturated rings. The summed E-state index contributed by atoms with van der Waals surface area (Å²) in [5.41, 5.74) is 0.567. The zero-order chi connectivity index (χ0) is 8.06. The van der Waals surface area contributed by atoms with Gasteiger partial charge in [-0.1, -0.05) is 6.92 Å². The fourth-order valence-corrected chi connectivity index (χ4v) is 2.90. The van der Waals surface area contributed by atoms with Crippen molar-refractivity contribution in [3.63, 3.8) is 0 Å². The molecule has 3 atom stereocenters. The third-order valence-corrected chi connectivity index (χ3v) is 4.04. The minimum atomic E-state index is 0.567. The fourth-order valence-electron chi connectivity index (χ4n) is 2.90. The molecule has 11 heavy (non-hydrogen) atoms. The number of piperidine rings is 1. The van der Waals surface area contributed by atoms with Crippen LogP contribution in [0.5, 0.6) is 0 Å². The van der Waals surface area contributed by atoms with E-state index >= 15 is 0 Å². The lowest BCUT2D eigenvalue weighted by Gasteiger charge is -2.42. The molecular formula is C10H19N. The van der Waals surface area contributed by atoms with E-state index in [0.717, 1.165) is 11.8 Å². The van der Waals surface area contributed by atoms with Crippen LogP contribution in [0.1, 0.15) is 33.1 Å². The van der Waals surface area contributed by atoms with Crippen molar-refractivity contribution >= 4 is 0 Å². The molecule has 1 nitrogen and oxygen atoms in total. The van der Waals surface area contributed by atoms with Crippen molar-refractivity contribution in [2.24, 2.45) is 11.8 Å². The highest BCUT2D eigenvalue weighted by atomic mass is 15.2. The molecule has 1 heteroatoms. The number of fused-ring (bicyclic) bond motifs is 2. The Kier molecular flexibility index (Phi) is 1.54. The van der Waals surface area contributed by atoms with Crippen LogP contribution < -0.4 is 0 Å². The minimum absolute atomic E-state index is 0.567. The molecule has 0 aromatic carbocycles. The Morgan fingerprint density at radius 1 is 1.45 bits per heavy atom. The Morgan fingerprint density at radius 2 is 2.18 bits per heavy atom. The van der Waals surface area contributed by atoms with Gasteiger partial charge in [-0.25, -0.2) is 0 Å². The van der Waals surface area contributed by atoms with Crippen LogP contribution in [0.25, 0.3) is 0 Å². The Morgan fingerprint density at radius 3 is 2.91 bits per heavy atom. The lowest BCUT2D eigenvalue weighted by molar-refractivity contribution is 0.0711. The van der Waals surface area contributed by atoms with Crippen molar-refractivity contribution in [1.82, 2.24) is 4.90 Å². The molecule has 0 aromatic rings. The third-order valence-electron chi connectivity index (χ3n) is 4.04. The van der Waals surface area contributed by atoms with Gasteiger partial charge in [-0.2, -0.15) is 0 Å². The monoisotopic (exact) mass is 153 g/mol. The molecule has 64 valence electrons. The van der Waals surface area contributed by atoms with Crippen molar-refractivity contribution in [1.29, 1.82) is 0 Å². The van der Waals surface area contributed by atoms with E-state index < -0.39 is 0 Å². The van der Waals surface area contributed by atoms with Crippen LogP contribution in [0.4, 0.5) is 0 Å². The summed E-state index contributed by atoms with van der Waals surface area (Å²) in [6.45, 7) is 6.16. The van der Waals surface area contributed by atoms with Gasteiger partial charge >= 0.3 is 0 Å². The summed E-state index contributed by atoms with van der Waals surface area (Å²) >= 11 is 0. The van der Waals surface area contributed by atoms with E-state index in [9.17, 15) is 0 Å². The number of nitrogens with zero attached hydrogens (tertiary/aromatic N) is 1. The number of likely N-dealkylation sites (tertiary alicyclic amines) is 1. The molecule has 0 N–H and O–H groups in total. The smallest absolute Gasteiger partial charge is 0.0181 e. The van der Waals surface area contributed by atoms with Gasteiger partial charge in [0, 0.05) is 12.1 Å². The van der Waals surface area contributed by atoms with Crippen LogP contribution >= 0.6 is 0 Å². The van der Waals surface area contributed by atoms with E-state index in [1.54, 1.807) is 0 Å². The van der Waals surface area contributed by atoms with Crippen molar-refractivity contribution in [2.75, 3.05) is 13.6 Å². The van der Waals surface area contributed by atoms with Crippen LogP contribution in [0.3, 0.4) is 0 Å². The van der Waals surface area contributed by atoms with E-state index in [0.29, 0.717) is 5.54 Å². The van der Waals surface area contributed by atoms with Gasteiger partial charge in [-0.15, -0.1) is 0 Å². The van der Waals surface area contributed by atoms with E-state index in [1.807, 2.05) is 0 Å². The van der Waals surface area contributed by atoms with E-state index in [1.165, 1.54) is 25.8 Å². The maximum Gasteiger partial charge on any atom is 0.0181 e. The van der Waals surface area contributed by atoms with Gasteiger partial charge in [0.1, 0.15) is 0 Å². The molecule has 2 rings (SSSR count). The van der Waals surface area contributed by atoms with Gasteiger partial charge in [-0.3, -0.25) is 0 Å². The first-order valence-electron chi connectivity index (χ1n) is 4.83. The molecule has 0 radical (unpaired) electrons. The molecule has 0 spiro atoms. The van der Waals surface area contributed by atoms with Crippen molar-refractivity contribution in [3.05, 3.63) is 0 Å². The quantitative estimate of drug-likeness (QED) is 0.515. The zero-order valence-electron chi connectivity index (χ0n) is 7.93. The lowest BCUT2D eigenvalue weighted by Crippen LogP contribution is -2.47. The first-order valence-corrected chi connectivity index (χ1v) is 4.83. The second-order valence-corrected chi connectivity index (χ2v) is 4.86. The first kappa shape index (κ1) is 7.60. The Balaban J connectivity index is 2.19. The highest BCUT2D eigenvalue weighted by Gasteiger charge is 2.44. The highest BCUT2D eigenvalue weighted by molar-refractivity contribution is 4.99. The van der Waals surface area contributed by atoms with Gasteiger partial charge in [0.25, 0.3) is 0 Å². The third kappa shape index (κ3) is 1.01. The summed E-state index contributed by atoms with van der Waals surface area (Å²) in [6, 6.07) is 0. The van der Waals surface area contributed by atoms with Crippen LogP contribution in [-0.2, 0) is 0 Å². The molecule has 1 aliphatic carbocycles. The predicted molar refractivity (Wildman–Crippen MR) is 47.5 cm³/mol. The molecule has 1 saturated carbocycles. The second-order valence-electron chi connectivity index (χ2n) is 4.86. The highest BCUT2D eigenvalue weighted by Crippen LogP contribution is 2.45. The SMILES string of the molecule is C[C@H]1CN(C)[C@]2(C)CC[C@H]1C2. The Labute approximate surface area is 69.8 Å². The van der Waals surface area contributed by atoms with Crippen LogP contribution in [0.15, 0.2) is 0 Å². The lowest BCUT2D eigenvalue weighted by atomic mass is 9.84. The van der Waals surface area contributed by atoms with Crippen molar-refractivity contribution in [3.8, 4) is 0 Å². The summed E-state index contributed by atoms with van der Waals surface area (Å²) in [5, 5.41) is 0. The topological polar surface area (TPSA) is 3.24 Å². The van der Waals surface area contributed by atoms with Gasteiger partial charge < -0.3 is 4.90 Å². The number of hydrogen-bond acceptors (Lipinski definition) is 1. The average molecular weight is 153 g/mol. The van der Waals surface area contributed by atoms with Gasteiger partial charge in [0.15, 0.2) is 0 Å². The van der Waals surface area contributed by atoms with E-state index in [-0.39, 0.29) is 0 Å². The maximum atomic E-state index is 2.57. The predicted octanol–water partition coefficient (Wildman–Crippen LogP) is 2.13. The summed E-state index contributed by atoms with van der Waals surface area (Å²) < 4.78 is 0. The molecule has 1 aliphatic heterocycles. The molecule has 0 amide bonds. The molecule has 2 aliphatic rings. The molecule has 1 saturated heterocycles. The average Bonchev–Trinajstić information content (AvgIpc) is 2.28. The van der Waals surface area contributed by atoms with Gasteiger partial charge in [0.2, 0.25) is 0 Å². The van der Waals surface area contributed by atoms with Crippen LogP contribution in [-0.4, -0.2) is 24.0 Å². The van der Waals surface area contributed by atoms with Gasteiger partial charge in [0.05, 0.1) is 0 Å². The second kappa shape index (κ2) is 2.22. The van der Waals surface area contributed by atoms with Crippen molar-refractivity contribution in [2.45, 2.75) is 38.6 Å². The molecule has 2 bridgehead atoms. The molecule has 0 aromatic heterocycles. The fraction of sp³-hybridized carbons (Fsp3) is 1.00. The molecule has 0 unspecified atom stereocenters. The minimum Gasteiger partial charge on any atom is -0.301 e. The normalized spacial score (nSPS) is 51.5. The van der Waals surface area contributed by atoms with Crippen LogP contribution in [0, 0.1) is 11.8 Å². The summed E-state index contributed by atoms with van der Waals surface area (Å²) in [5.74, 6) is 1.98. The van der Waals surface area contributed by atoms with E-state index in [2.05, 4.69) is 25.8 Å². The standard InChI is InChI=1S/C10H19N/c1-8-7-11(3)10(2)5-4-9(8)6-10/h8-9H,4-7H2,1-3H3/t8-,9-,10+/m0/s1. The van der Waals surface area contributed by atoms with E-state index in [4.69, 9.17) is 0 Å². The van der Waals surface area contributed by atoms with Crippen molar-refractivity contribution < 1.29 is 0 Å². The maximum absolute atomic E-state index is 2.57. The summed E-state index contributed by atoms with van der Waals surface area (Å²) in [6.07, 6.45) is 4.35.